The van der Waals surface area contributed by atoms with Gasteiger partial charge in [0.2, 0.25) is 0 Å². The third kappa shape index (κ3) is 3.84. The van der Waals surface area contributed by atoms with Crippen LogP contribution in [0, 0.1) is 13.8 Å². The van der Waals surface area contributed by atoms with Crippen molar-refractivity contribution >= 4 is 49.3 Å². The Morgan fingerprint density at radius 3 is 2.35 bits per heavy atom. The molecule has 0 radical (unpaired) electrons. The van der Waals surface area contributed by atoms with E-state index in [-0.39, 0.29) is 6.03 Å². The Kier molecular flexibility index (Phi) is 4.83. The predicted molar refractivity (Wildman–Crippen MR) is 90.4 cm³/mol. The Labute approximate surface area is 135 Å². The second-order valence-corrected chi connectivity index (χ2v) is 6.24. The number of hydrogen-bond acceptors (Lipinski definition) is 1. The van der Waals surface area contributed by atoms with Gasteiger partial charge in [0.25, 0.3) is 0 Å². The Morgan fingerprint density at radius 2 is 1.70 bits per heavy atom. The first kappa shape index (κ1) is 15.1. The van der Waals surface area contributed by atoms with Crippen molar-refractivity contribution in [2.75, 3.05) is 10.6 Å². The van der Waals surface area contributed by atoms with Crippen LogP contribution in [0.25, 0.3) is 0 Å². The smallest absolute Gasteiger partial charge is 0.308 e. The molecule has 0 saturated carbocycles. The van der Waals surface area contributed by atoms with Crippen LogP contribution in [0.4, 0.5) is 16.2 Å². The van der Waals surface area contributed by atoms with E-state index in [1.165, 1.54) is 0 Å². The zero-order valence-corrected chi connectivity index (χ0v) is 14.3. The molecule has 0 bridgehead atoms. The molecule has 2 N–H and O–H groups in total. The van der Waals surface area contributed by atoms with Gasteiger partial charge in [0.15, 0.2) is 0 Å². The average Bonchev–Trinajstić information content (AvgIpc) is 2.37. The minimum atomic E-state index is -0.267. The number of rotatable bonds is 2. The van der Waals surface area contributed by atoms with Crippen LogP contribution >= 0.6 is 31.9 Å². The van der Waals surface area contributed by atoms with E-state index in [4.69, 9.17) is 0 Å². The van der Waals surface area contributed by atoms with Crippen LogP contribution in [0.1, 0.15) is 11.1 Å². The molecule has 0 atom stereocenters. The molecule has 0 aliphatic carbocycles. The standard InChI is InChI=1S/C15H14Br2N2O/c1-9-3-6-14(13(17)7-9)19-15(20)18-11-4-5-12(16)10(2)8-11/h3-8H,1-2H3,(H2,18,19,20). The fourth-order valence-corrected chi connectivity index (χ4v) is 2.57. The van der Waals surface area contributed by atoms with Gasteiger partial charge >= 0.3 is 6.03 Å². The van der Waals surface area contributed by atoms with E-state index in [0.29, 0.717) is 0 Å². The minimum Gasteiger partial charge on any atom is -0.308 e. The van der Waals surface area contributed by atoms with Crippen molar-refractivity contribution in [3.05, 3.63) is 56.5 Å². The van der Waals surface area contributed by atoms with Gasteiger partial charge in [-0.1, -0.05) is 22.0 Å². The Morgan fingerprint density at radius 1 is 0.950 bits per heavy atom. The maximum atomic E-state index is 12.0. The number of amides is 2. The molecule has 0 aromatic heterocycles. The molecule has 0 spiro atoms. The Bertz CT molecular complexity index is 656. The molecule has 0 unspecified atom stereocenters. The van der Waals surface area contributed by atoms with Crippen molar-refractivity contribution in [3.63, 3.8) is 0 Å². The molecule has 0 saturated heterocycles. The fraction of sp³-hybridized carbons (Fsp3) is 0.133. The number of anilines is 2. The number of nitrogens with one attached hydrogen (secondary N) is 2. The van der Waals surface area contributed by atoms with Crippen LogP contribution < -0.4 is 10.6 Å². The number of urea groups is 1. The molecule has 2 aromatic carbocycles. The second-order valence-electron chi connectivity index (χ2n) is 4.53. The summed E-state index contributed by atoms with van der Waals surface area (Å²) in [6, 6.07) is 11.2. The summed E-state index contributed by atoms with van der Waals surface area (Å²) >= 11 is 6.86. The lowest BCUT2D eigenvalue weighted by Crippen LogP contribution is -2.19. The molecule has 104 valence electrons. The van der Waals surface area contributed by atoms with Gasteiger partial charge in [0.05, 0.1) is 5.69 Å². The van der Waals surface area contributed by atoms with Crippen molar-refractivity contribution in [1.82, 2.24) is 0 Å². The molecular formula is C15H14Br2N2O. The highest BCUT2D eigenvalue weighted by Crippen LogP contribution is 2.24. The lowest BCUT2D eigenvalue weighted by Gasteiger charge is -2.10. The van der Waals surface area contributed by atoms with Crippen molar-refractivity contribution in [2.45, 2.75) is 13.8 Å². The lowest BCUT2D eigenvalue weighted by molar-refractivity contribution is 0.262. The summed E-state index contributed by atoms with van der Waals surface area (Å²) in [6.45, 7) is 3.98. The molecule has 3 nitrogen and oxygen atoms in total. The molecule has 20 heavy (non-hydrogen) atoms. The largest absolute Gasteiger partial charge is 0.323 e. The van der Waals surface area contributed by atoms with E-state index in [0.717, 1.165) is 31.4 Å². The highest BCUT2D eigenvalue weighted by Gasteiger charge is 2.06. The van der Waals surface area contributed by atoms with Crippen molar-refractivity contribution in [2.24, 2.45) is 0 Å². The molecular weight excluding hydrogens is 384 g/mol. The molecule has 0 heterocycles. The predicted octanol–water partition coefficient (Wildman–Crippen LogP) is 5.47. The number of carbonyl (C=O) groups is 1. The van der Waals surface area contributed by atoms with Gasteiger partial charge in [-0.3, -0.25) is 0 Å². The van der Waals surface area contributed by atoms with Crippen molar-refractivity contribution in [3.8, 4) is 0 Å². The molecule has 0 aliphatic rings. The quantitative estimate of drug-likeness (QED) is 0.692. The summed E-state index contributed by atoms with van der Waals surface area (Å²) in [5.74, 6) is 0. The Hall–Kier alpha value is -1.33. The van der Waals surface area contributed by atoms with Gasteiger partial charge in [-0.25, -0.2) is 4.79 Å². The van der Waals surface area contributed by atoms with Crippen LogP contribution in [-0.4, -0.2) is 6.03 Å². The van der Waals surface area contributed by atoms with Crippen LogP contribution in [0.3, 0.4) is 0 Å². The van der Waals surface area contributed by atoms with Crippen molar-refractivity contribution < 1.29 is 4.79 Å². The van der Waals surface area contributed by atoms with Gasteiger partial charge in [-0.2, -0.15) is 0 Å². The molecule has 2 amide bonds. The lowest BCUT2D eigenvalue weighted by atomic mass is 10.2. The SMILES string of the molecule is Cc1ccc(NC(=O)Nc2ccc(Br)c(C)c2)c(Br)c1. The first-order valence-corrected chi connectivity index (χ1v) is 7.64. The summed E-state index contributed by atoms with van der Waals surface area (Å²) in [4.78, 5) is 12.0. The van der Waals surface area contributed by atoms with E-state index in [1.807, 2.05) is 50.2 Å². The zero-order chi connectivity index (χ0) is 14.7. The molecule has 2 rings (SSSR count). The monoisotopic (exact) mass is 396 g/mol. The summed E-state index contributed by atoms with van der Waals surface area (Å²) in [5, 5.41) is 5.62. The van der Waals surface area contributed by atoms with Gasteiger partial charge < -0.3 is 10.6 Å². The Balaban J connectivity index is 2.07. The third-order valence-electron chi connectivity index (χ3n) is 2.79. The molecule has 2 aromatic rings. The second kappa shape index (κ2) is 6.41. The van der Waals surface area contributed by atoms with Crippen LogP contribution in [-0.2, 0) is 0 Å². The van der Waals surface area contributed by atoms with E-state index in [2.05, 4.69) is 42.5 Å². The summed E-state index contributed by atoms with van der Waals surface area (Å²) in [5.41, 5.74) is 3.69. The van der Waals surface area contributed by atoms with Crippen LogP contribution in [0.15, 0.2) is 45.3 Å². The number of halogens is 2. The van der Waals surface area contributed by atoms with E-state index >= 15 is 0 Å². The van der Waals surface area contributed by atoms with Crippen LogP contribution in [0.2, 0.25) is 0 Å². The first-order chi connectivity index (χ1) is 9.45. The van der Waals surface area contributed by atoms with E-state index < -0.39 is 0 Å². The maximum Gasteiger partial charge on any atom is 0.323 e. The third-order valence-corrected chi connectivity index (χ3v) is 4.33. The maximum absolute atomic E-state index is 12.0. The zero-order valence-electron chi connectivity index (χ0n) is 11.1. The summed E-state index contributed by atoms with van der Waals surface area (Å²) < 4.78 is 1.88. The molecule has 5 heteroatoms. The van der Waals surface area contributed by atoms with Gasteiger partial charge in [-0.15, -0.1) is 0 Å². The van der Waals surface area contributed by atoms with Crippen LogP contribution in [0.5, 0.6) is 0 Å². The molecule has 0 fully saturated rings. The van der Waals surface area contributed by atoms with E-state index in [9.17, 15) is 4.79 Å². The number of benzene rings is 2. The minimum absolute atomic E-state index is 0.267. The highest BCUT2D eigenvalue weighted by atomic mass is 79.9. The van der Waals surface area contributed by atoms with Gasteiger partial charge in [0, 0.05) is 14.6 Å². The number of hydrogen-bond donors (Lipinski definition) is 2. The van der Waals surface area contributed by atoms with Gasteiger partial charge in [0.1, 0.15) is 0 Å². The first-order valence-electron chi connectivity index (χ1n) is 6.06. The highest BCUT2D eigenvalue weighted by molar-refractivity contribution is 9.10. The summed E-state index contributed by atoms with van der Waals surface area (Å²) in [7, 11) is 0. The fourth-order valence-electron chi connectivity index (χ4n) is 1.73. The van der Waals surface area contributed by atoms with Gasteiger partial charge in [-0.05, 0) is 71.2 Å². The average molecular weight is 398 g/mol. The normalized spacial score (nSPS) is 10.2. The van der Waals surface area contributed by atoms with Crippen molar-refractivity contribution in [1.29, 1.82) is 0 Å². The van der Waals surface area contributed by atoms with E-state index in [1.54, 1.807) is 0 Å². The number of aryl methyl sites for hydroxylation is 2. The number of carbonyl (C=O) groups excluding carboxylic acids is 1. The molecule has 0 aliphatic heterocycles. The summed E-state index contributed by atoms with van der Waals surface area (Å²) in [6.07, 6.45) is 0. The topological polar surface area (TPSA) is 41.1 Å².